The van der Waals surface area contributed by atoms with Crippen LogP contribution in [0.1, 0.15) is 6.42 Å². The molecule has 2 amide bonds. The summed E-state index contributed by atoms with van der Waals surface area (Å²) in [5, 5.41) is 14.0. The summed E-state index contributed by atoms with van der Waals surface area (Å²) in [5.41, 5.74) is 5.62. The minimum Gasteiger partial charge on any atom is -0.507 e. The lowest BCUT2D eigenvalue weighted by Crippen LogP contribution is -2.39. The number of anilines is 1. The summed E-state index contributed by atoms with van der Waals surface area (Å²) in [6, 6.07) is 9.82. The number of phenolic OH excluding ortho intramolecular Hbond substituents is 1. The lowest BCUT2D eigenvalue weighted by Gasteiger charge is -2.12. The highest BCUT2D eigenvalue weighted by atomic mass is 16.3. The molecule has 1 unspecified atom stereocenters. The first-order valence-corrected chi connectivity index (χ1v) is 6.21. The molecular formula is C14H13N3O3. The van der Waals surface area contributed by atoms with Crippen LogP contribution < -0.4 is 16.2 Å². The number of carbonyl (C=O) groups is 2. The maximum absolute atomic E-state index is 12.1. The Balaban J connectivity index is 1.89. The Morgan fingerprint density at radius 1 is 1.20 bits per heavy atom. The van der Waals surface area contributed by atoms with E-state index in [9.17, 15) is 14.7 Å². The minimum absolute atomic E-state index is 0.113. The van der Waals surface area contributed by atoms with Crippen LogP contribution in [-0.4, -0.2) is 23.0 Å². The molecule has 0 aromatic heterocycles. The topological polar surface area (TPSA) is 90.5 Å². The molecule has 3 rings (SSSR count). The van der Waals surface area contributed by atoms with Crippen molar-refractivity contribution in [2.24, 2.45) is 0 Å². The number of amides is 2. The predicted molar refractivity (Wildman–Crippen MR) is 73.9 cm³/mol. The van der Waals surface area contributed by atoms with Crippen molar-refractivity contribution < 1.29 is 14.7 Å². The Labute approximate surface area is 114 Å². The molecule has 4 N–H and O–H groups in total. The van der Waals surface area contributed by atoms with E-state index < -0.39 is 6.04 Å². The van der Waals surface area contributed by atoms with Gasteiger partial charge >= 0.3 is 0 Å². The van der Waals surface area contributed by atoms with Crippen LogP contribution in [0.15, 0.2) is 36.4 Å². The normalized spacial score (nSPS) is 18.0. The van der Waals surface area contributed by atoms with E-state index in [2.05, 4.69) is 16.2 Å². The number of phenols is 1. The van der Waals surface area contributed by atoms with Gasteiger partial charge in [0, 0.05) is 16.5 Å². The first-order chi connectivity index (χ1) is 9.65. The fraction of sp³-hybridized carbons (Fsp3) is 0.143. The number of hydrogen-bond acceptors (Lipinski definition) is 4. The van der Waals surface area contributed by atoms with E-state index in [1.54, 1.807) is 30.3 Å². The van der Waals surface area contributed by atoms with Gasteiger partial charge in [-0.1, -0.05) is 24.3 Å². The molecule has 1 heterocycles. The lowest BCUT2D eigenvalue weighted by molar-refractivity contribution is -0.121. The van der Waals surface area contributed by atoms with Crippen LogP contribution in [0.25, 0.3) is 10.8 Å². The molecular weight excluding hydrogens is 258 g/mol. The van der Waals surface area contributed by atoms with Crippen molar-refractivity contribution in [2.75, 3.05) is 5.32 Å². The second-order valence-corrected chi connectivity index (χ2v) is 4.62. The van der Waals surface area contributed by atoms with E-state index in [1.807, 2.05) is 6.07 Å². The SMILES string of the molecule is O=C1CC(C(=O)Nc2cccc3c(O)cccc23)NN1. The van der Waals surface area contributed by atoms with Gasteiger partial charge in [0.1, 0.15) is 11.8 Å². The van der Waals surface area contributed by atoms with Crippen LogP contribution >= 0.6 is 0 Å². The fourth-order valence-electron chi connectivity index (χ4n) is 2.24. The molecule has 0 spiro atoms. The fourth-order valence-corrected chi connectivity index (χ4v) is 2.24. The van der Waals surface area contributed by atoms with Gasteiger partial charge in [-0.15, -0.1) is 0 Å². The minimum atomic E-state index is -0.588. The molecule has 2 aromatic rings. The summed E-state index contributed by atoms with van der Waals surface area (Å²) in [7, 11) is 0. The molecule has 1 aliphatic heterocycles. The van der Waals surface area contributed by atoms with Crippen LogP contribution in [0, 0.1) is 0 Å². The summed E-state index contributed by atoms with van der Waals surface area (Å²) in [5.74, 6) is -0.339. The zero-order chi connectivity index (χ0) is 14.1. The lowest BCUT2D eigenvalue weighted by atomic mass is 10.1. The van der Waals surface area contributed by atoms with Crippen molar-refractivity contribution in [2.45, 2.75) is 12.5 Å². The Morgan fingerprint density at radius 2 is 1.95 bits per heavy atom. The molecule has 0 saturated carbocycles. The van der Waals surface area contributed by atoms with Crippen molar-refractivity contribution >= 4 is 28.3 Å². The highest BCUT2D eigenvalue weighted by Gasteiger charge is 2.27. The van der Waals surface area contributed by atoms with E-state index in [0.717, 1.165) is 5.39 Å². The number of nitrogens with one attached hydrogen (secondary N) is 3. The quantitative estimate of drug-likeness (QED) is 0.652. The standard InChI is InChI=1S/C14H13N3O3/c18-12-6-2-3-8-9(12)4-1-5-10(8)15-14(20)11-7-13(19)17-16-11/h1-6,11,16,18H,7H2,(H,15,20)(H,17,19). The summed E-state index contributed by atoms with van der Waals surface area (Å²) in [6.45, 7) is 0. The van der Waals surface area contributed by atoms with Crippen molar-refractivity contribution in [3.8, 4) is 5.75 Å². The molecule has 0 aliphatic carbocycles. The molecule has 6 nitrogen and oxygen atoms in total. The zero-order valence-corrected chi connectivity index (χ0v) is 10.5. The Morgan fingerprint density at radius 3 is 2.70 bits per heavy atom. The molecule has 1 aliphatic rings. The number of aromatic hydroxyl groups is 1. The smallest absolute Gasteiger partial charge is 0.243 e. The van der Waals surface area contributed by atoms with Gasteiger partial charge in [-0.2, -0.15) is 0 Å². The summed E-state index contributed by atoms with van der Waals surface area (Å²) in [6.07, 6.45) is 0.113. The molecule has 6 heteroatoms. The molecule has 102 valence electrons. The van der Waals surface area contributed by atoms with Gasteiger partial charge in [0.2, 0.25) is 11.8 Å². The Bertz CT molecular complexity index is 699. The average molecular weight is 271 g/mol. The molecule has 1 saturated heterocycles. The van der Waals surface area contributed by atoms with Gasteiger partial charge < -0.3 is 10.4 Å². The molecule has 2 aromatic carbocycles. The predicted octanol–water partition coefficient (Wildman–Crippen LogP) is 0.877. The summed E-state index contributed by atoms with van der Waals surface area (Å²) >= 11 is 0. The van der Waals surface area contributed by atoms with E-state index in [4.69, 9.17) is 0 Å². The van der Waals surface area contributed by atoms with Gasteiger partial charge in [0.25, 0.3) is 0 Å². The molecule has 20 heavy (non-hydrogen) atoms. The largest absolute Gasteiger partial charge is 0.507 e. The molecule has 0 bridgehead atoms. The van der Waals surface area contributed by atoms with Crippen molar-refractivity contribution in [1.29, 1.82) is 0 Å². The highest BCUT2D eigenvalue weighted by molar-refractivity contribution is 6.06. The number of hydrazine groups is 1. The third kappa shape index (κ3) is 2.17. The van der Waals surface area contributed by atoms with Gasteiger partial charge in [-0.05, 0) is 12.1 Å². The van der Waals surface area contributed by atoms with Gasteiger partial charge in [-0.3, -0.25) is 15.0 Å². The monoisotopic (exact) mass is 271 g/mol. The van der Waals surface area contributed by atoms with Crippen LogP contribution in [0.3, 0.4) is 0 Å². The Hall–Kier alpha value is -2.60. The molecule has 1 atom stereocenters. The van der Waals surface area contributed by atoms with Crippen LogP contribution in [0.5, 0.6) is 5.75 Å². The van der Waals surface area contributed by atoms with Gasteiger partial charge in [0.15, 0.2) is 0 Å². The van der Waals surface area contributed by atoms with E-state index in [-0.39, 0.29) is 24.0 Å². The van der Waals surface area contributed by atoms with Crippen molar-refractivity contribution in [3.63, 3.8) is 0 Å². The molecule has 0 radical (unpaired) electrons. The summed E-state index contributed by atoms with van der Waals surface area (Å²) in [4.78, 5) is 23.1. The third-order valence-electron chi connectivity index (χ3n) is 3.25. The van der Waals surface area contributed by atoms with Crippen LogP contribution in [0.2, 0.25) is 0 Å². The second-order valence-electron chi connectivity index (χ2n) is 4.62. The van der Waals surface area contributed by atoms with E-state index >= 15 is 0 Å². The van der Waals surface area contributed by atoms with Crippen LogP contribution in [-0.2, 0) is 9.59 Å². The second kappa shape index (κ2) is 4.82. The number of rotatable bonds is 2. The number of hydrogen-bond donors (Lipinski definition) is 4. The van der Waals surface area contributed by atoms with Gasteiger partial charge in [-0.25, -0.2) is 5.43 Å². The maximum Gasteiger partial charge on any atom is 0.243 e. The Kier molecular flexibility index (Phi) is 3.00. The zero-order valence-electron chi connectivity index (χ0n) is 10.5. The first kappa shape index (κ1) is 12.4. The highest BCUT2D eigenvalue weighted by Crippen LogP contribution is 2.29. The van der Waals surface area contributed by atoms with E-state index in [0.29, 0.717) is 11.1 Å². The summed E-state index contributed by atoms with van der Waals surface area (Å²) < 4.78 is 0. The third-order valence-corrected chi connectivity index (χ3v) is 3.25. The average Bonchev–Trinajstić information content (AvgIpc) is 2.87. The van der Waals surface area contributed by atoms with Crippen molar-refractivity contribution in [3.05, 3.63) is 36.4 Å². The maximum atomic E-state index is 12.1. The van der Waals surface area contributed by atoms with Crippen LogP contribution in [0.4, 0.5) is 5.69 Å². The van der Waals surface area contributed by atoms with E-state index in [1.165, 1.54) is 0 Å². The van der Waals surface area contributed by atoms with Crippen molar-refractivity contribution in [1.82, 2.24) is 10.9 Å². The molecule has 1 fully saturated rings. The first-order valence-electron chi connectivity index (χ1n) is 6.21. The number of benzene rings is 2. The van der Waals surface area contributed by atoms with Gasteiger partial charge in [0.05, 0.1) is 6.42 Å². The number of carbonyl (C=O) groups excluding carboxylic acids is 2. The number of fused-ring (bicyclic) bond motifs is 1.